The molecule has 1 aromatic carbocycles. The summed E-state index contributed by atoms with van der Waals surface area (Å²) in [5.74, 6) is -0.362. The average molecular weight is 404 g/mol. The molecule has 2 N–H and O–H groups in total. The van der Waals surface area contributed by atoms with Gasteiger partial charge in [0.1, 0.15) is 5.56 Å². The van der Waals surface area contributed by atoms with Crippen LogP contribution in [0.4, 0.5) is 5.69 Å². The van der Waals surface area contributed by atoms with Crippen molar-refractivity contribution in [2.24, 2.45) is 0 Å². The van der Waals surface area contributed by atoms with Gasteiger partial charge in [0.25, 0.3) is 0 Å². The molecule has 1 aromatic heterocycles. The van der Waals surface area contributed by atoms with Gasteiger partial charge in [-0.15, -0.1) is 0 Å². The SMILES string of the molecule is CCOC(=O)c1cnc2c(C)c(Cl)ccc2c1NC1CC(C)(C)NC(C)(C)C1. The fourth-order valence-corrected chi connectivity index (χ4v) is 4.68. The molecule has 2 heterocycles. The van der Waals surface area contributed by atoms with E-state index in [2.05, 4.69) is 43.3 Å². The third-order valence-corrected chi connectivity index (χ3v) is 5.67. The number of aryl methyl sites for hydroxylation is 1. The predicted molar refractivity (Wildman–Crippen MR) is 115 cm³/mol. The maximum absolute atomic E-state index is 12.6. The molecule has 1 aliphatic rings. The number of fused-ring (bicyclic) bond motifs is 1. The first-order valence-electron chi connectivity index (χ1n) is 9.84. The van der Waals surface area contributed by atoms with Crippen LogP contribution in [0.5, 0.6) is 0 Å². The molecule has 0 unspecified atom stereocenters. The van der Waals surface area contributed by atoms with Crippen molar-refractivity contribution in [2.75, 3.05) is 11.9 Å². The van der Waals surface area contributed by atoms with E-state index >= 15 is 0 Å². The topological polar surface area (TPSA) is 63.2 Å². The summed E-state index contributed by atoms with van der Waals surface area (Å²) < 4.78 is 5.29. The Balaban J connectivity index is 2.10. The number of nitrogens with zero attached hydrogens (tertiary/aromatic N) is 1. The van der Waals surface area contributed by atoms with Crippen molar-refractivity contribution in [3.05, 3.63) is 34.5 Å². The number of halogens is 1. The van der Waals surface area contributed by atoms with E-state index in [1.54, 1.807) is 13.1 Å². The number of benzene rings is 1. The van der Waals surface area contributed by atoms with Gasteiger partial charge in [-0.2, -0.15) is 0 Å². The highest BCUT2D eigenvalue weighted by Gasteiger charge is 2.38. The second-order valence-electron chi connectivity index (χ2n) is 8.98. The normalized spacial score (nSPS) is 18.8. The van der Waals surface area contributed by atoms with Crippen molar-refractivity contribution in [1.29, 1.82) is 0 Å². The van der Waals surface area contributed by atoms with Crippen LogP contribution >= 0.6 is 11.6 Å². The van der Waals surface area contributed by atoms with Crippen LogP contribution < -0.4 is 10.6 Å². The van der Waals surface area contributed by atoms with Gasteiger partial charge in [0.2, 0.25) is 0 Å². The number of pyridine rings is 1. The molecule has 0 saturated carbocycles. The van der Waals surface area contributed by atoms with E-state index in [0.717, 1.165) is 35.0 Å². The highest BCUT2D eigenvalue weighted by molar-refractivity contribution is 6.32. The maximum Gasteiger partial charge on any atom is 0.341 e. The highest BCUT2D eigenvalue weighted by Crippen LogP contribution is 2.35. The van der Waals surface area contributed by atoms with Gasteiger partial charge in [0, 0.05) is 33.7 Å². The summed E-state index contributed by atoms with van der Waals surface area (Å²) in [5.41, 5.74) is 2.93. The molecule has 28 heavy (non-hydrogen) atoms. The fraction of sp³-hybridized carbons (Fsp3) is 0.545. The van der Waals surface area contributed by atoms with Gasteiger partial charge in [-0.1, -0.05) is 11.6 Å². The van der Waals surface area contributed by atoms with E-state index < -0.39 is 0 Å². The lowest BCUT2D eigenvalue weighted by Gasteiger charge is -2.47. The summed E-state index contributed by atoms with van der Waals surface area (Å²) >= 11 is 6.30. The molecular weight excluding hydrogens is 374 g/mol. The van der Waals surface area contributed by atoms with Gasteiger partial charge < -0.3 is 15.4 Å². The molecule has 1 saturated heterocycles. The van der Waals surface area contributed by atoms with Gasteiger partial charge >= 0.3 is 5.97 Å². The standard InChI is InChI=1S/C22H30ClN3O2/c1-7-28-20(27)16-12-24-18-13(2)17(23)9-8-15(18)19(16)25-14-10-21(3,4)26-22(5,6)11-14/h8-9,12,14,26H,7,10-11H2,1-6H3,(H,24,25). The van der Waals surface area contributed by atoms with Crippen LogP contribution in [0.15, 0.2) is 18.3 Å². The third-order valence-electron chi connectivity index (χ3n) is 5.26. The van der Waals surface area contributed by atoms with Gasteiger partial charge in [-0.3, -0.25) is 4.98 Å². The fourth-order valence-electron chi connectivity index (χ4n) is 4.53. The van der Waals surface area contributed by atoms with Crippen molar-refractivity contribution in [3.63, 3.8) is 0 Å². The van der Waals surface area contributed by atoms with E-state index in [1.807, 2.05) is 19.1 Å². The smallest absolute Gasteiger partial charge is 0.341 e. The van der Waals surface area contributed by atoms with Crippen LogP contribution in [0, 0.1) is 6.92 Å². The lowest BCUT2D eigenvalue weighted by molar-refractivity contribution is 0.0527. The molecular formula is C22H30ClN3O2. The average Bonchev–Trinajstić information content (AvgIpc) is 2.55. The number of esters is 1. The second kappa shape index (κ2) is 7.53. The van der Waals surface area contributed by atoms with Crippen molar-refractivity contribution in [2.45, 2.75) is 71.5 Å². The van der Waals surface area contributed by atoms with Gasteiger partial charge in [0.05, 0.1) is 17.8 Å². The maximum atomic E-state index is 12.6. The summed E-state index contributed by atoms with van der Waals surface area (Å²) in [7, 11) is 0. The van der Waals surface area contributed by atoms with E-state index in [4.69, 9.17) is 16.3 Å². The van der Waals surface area contributed by atoms with Crippen LogP contribution in [0.1, 0.15) is 63.4 Å². The summed E-state index contributed by atoms with van der Waals surface area (Å²) in [6, 6.07) is 4.00. The van der Waals surface area contributed by atoms with E-state index in [9.17, 15) is 4.79 Å². The van der Waals surface area contributed by atoms with Crippen molar-refractivity contribution >= 4 is 34.2 Å². The Morgan fingerprint density at radius 2 is 1.93 bits per heavy atom. The third kappa shape index (κ3) is 4.26. The van der Waals surface area contributed by atoms with Crippen molar-refractivity contribution < 1.29 is 9.53 Å². The Hall–Kier alpha value is -1.85. The highest BCUT2D eigenvalue weighted by atomic mass is 35.5. The first kappa shape index (κ1) is 20.9. The molecule has 3 rings (SSSR count). The zero-order valence-corrected chi connectivity index (χ0v) is 18.3. The monoisotopic (exact) mass is 403 g/mol. The van der Waals surface area contributed by atoms with Crippen LogP contribution in [0.2, 0.25) is 5.02 Å². The van der Waals surface area contributed by atoms with Crippen molar-refractivity contribution in [1.82, 2.24) is 10.3 Å². The molecule has 1 fully saturated rings. The molecule has 0 radical (unpaired) electrons. The quantitative estimate of drug-likeness (QED) is 0.696. The number of carbonyl (C=O) groups is 1. The summed E-state index contributed by atoms with van der Waals surface area (Å²) in [6.45, 7) is 12.9. The van der Waals surface area contributed by atoms with Crippen LogP contribution in [0.25, 0.3) is 10.9 Å². The summed E-state index contributed by atoms with van der Waals surface area (Å²) in [5, 5.41) is 8.92. The molecule has 152 valence electrons. The number of aromatic nitrogens is 1. The summed E-state index contributed by atoms with van der Waals surface area (Å²) in [6.07, 6.45) is 3.48. The number of piperidine rings is 1. The van der Waals surface area contributed by atoms with Crippen LogP contribution in [-0.2, 0) is 4.74 Å². The number of nitrogens with one attached hydrogen (secondary N) is 2. The number of rotatable bonds is 4. The summed E-state index contributed by atoms with van der Waals surface area (Å²) in [4.78, 5) is 17.1. The minimum Gasteiger partial charge on any atom is -0.462 e. The van der Waals surface area contributed by atoms with Crippen LogP contribution in [-0.4, -0.2) is 34.7 Å². The Morgan fingerprint density at radius 1 is 1.29 bits per heavy atom. The van der Waals surface area contributed by atoms with E-state index in [0.29, 0.717) is 17.2 Å². The van der Waals surface area contributed by atoms with Gasteiger partial charge in [-0.25, -0.2) is 4.79 Å². The lowest BCUT2D eigenvalue weighted by Crippen LogP contribution is -2.60. The molecule has 0 aliphatic carbocycles. The number of anilines is 1. The Kier molecular flexibility index (Phi) is 5.61. The van der Waals surface area contributed by atoms with E-state index in [1.165, 1.54) is 0 Å². The van der Waals surface area contributed by atoms with E-state index in [-0.39, 0.29) is 23.1 Å². The number of ether oxygens (including phenoxy) is 1. The minimum atomic E-state index is -0.362. The number of carbonyl (C=O) groups excluding carboxylic acids is 1. The zero-order valence-electron chi connectivity index (χ0n) is 17.6. The van der Waals surface area contributed by atoms with Crippen molar-refractivity contribution in [3.8, 4) is 0 Å². The zero-order chi connectivity index (χ0) is 20.7. The first-order chi connectivity index (χ1) is 13.0. The molecule has 6 heteroatoms. The molecule has 5 nitrogen and oxygen atoms in total. The minimum absolute atomic E-state index is 0.00837. The largest absolute Gasteiger partial charge is 0.462 e. The lowest BCUT2D eigenvalue weighted by atomic mass is 9.79. The molecule has 2 aromatic rings. The number of hydrogen-bond acceptors (Lipinski definition) is 5. The molecule has 0 bridgehead atoms. The Labute approximate surface area is 172 Å². The first-order valence-corrected chi connectivity index (χ1v) is 10.2. The molecule has 0 amide bonds. The second-order valence-corrected chi connectivity index (χ2v) is 9.39. The van der Waals surface area contributed by atoms with Crippen LogP contribution in [0.3, 0.4) is 0 Å². The molecule has 0 atom stereocenters. The van der Waals surface area contributed by atoms with Gasteiger partial charge in [0.15, 0.2) is 0 Å². The Bertz CT molecular complexity index is 892. The predicted octanol–water partition coefficient (Wildman–Crippen LogP) is 5.09. The molecule has 1 aliphatic heterocycles. The Morgan fingerprint density at radius 3 is 2.54 bits per heavy atom. The van der Waals surface area contributed by atoms with Gasteiger partial charge in [-0.05, 0) is 72.1 Å². The number of hydrogen-bond donors (Lipinski definition) is 2. The molecule has 0 spiro atoms.